The van der Waals surface area contributed by atoms with E-state index in [-0.39, 0.29) is 11.8 Å². The number of nitrogens with zero attached hydrogens (tertiary/aromatic N) is 1. The molecular weight excluding hydrogens is 314 g/mol. The number of carbonyl (C=O) groups excluding carboxylic acids is 1. The van der Waals surface area contributed by atoms with Gasteiger partial charge in [-0.3, -0.25) is 4.79 Å². The molecule has 2 nitrogen and oxygen atoms in total. The zero-order valence-electron chi connectivity index (χ0n) is 13.8. The number of fused-ring (bicyclic) bond motifs is 3. The van der Waals surface area contributed by atoms with E-state index in [1.54, 1.807) is 16.7 Å². The highest BCUT2D eigenvalue weighted by molar-refractivity contribution is 7.98. The summed E-state index contributed by atoms with van der Waals surface area (Å²) < 4.78 is 0. The van der Waals surface area contributed by atoms with Crippen LogP contribution in [0.3, 0.4) is 0 Å². The molecule has 0 saturated carbocycles. The maximum Gasteiger partial charge on any atom is 0.227 e. The zero-order chi connectivity index (χ0) is 16.7. The van der Waals surface area contributed by atoms with Gasteiger partial charge in [-0.05, 0) is 46.4 Å². The number of hydrogen-bond acceptors (Lipinski definition) is 2. The van der Waals surface area contributed by atoms with Crippen molar-refractivity contribution in [2.24, 2.45) is 0 Å². The van der Waals surface area contributed by atoms with Gasteiger partial charge in [-0.1, -0.05) is 42.5 Å². The molecule has 0 aliphatic carbocycles. The van der Waals surface area contributed by atoms with Crippen molar-refractivity contribution in [2.75, 3.05) is 18.2 Å². The molecule has 1 aliphatic heterocycles. The van der Waals surface area contributed by atoms with Gasteiger partial charge in [0, 0.05) is 30.0 Å². The second-order valence-corrected chi connectivity index (χ2v) is 7.08. The van der Waals surface area contributed by atoms with Gasteiger partial charge in [0.25, 0.3) is 0 Å². The summed E-state index contributed by atoms with van der Waals surface area (Å²) in [6, 6.07) is 21.3. The van der Waals surface area contributed by atoms with Crippen molar-refractivity contribution in [2.45, 2.75) is 17.2 Å². The van der Waals surface area contributed by atoms with Crippen molar-refractivity contribution in [1.29, 1.82) is 0 Å². The molecule has 1 heterocycles. The fraction of sp³-hybridized carbons (Fsp3) is 0.190. The Labute approximate surface area is 146 Å². The van der Waals surface area contributed by atoms with Crippen molar-refractivity contribution >= 4 is 34.1 Å². The second kappa shape index (κ2) is 5.99. The summed E-state index contributed by atoms with van der Waals surface area (Å²) in [7, 11) is 1.88. The minimum absolute atomic E-state index is 0.116. The first-order valence-electron chi connectivity index (χ1n) is 8.11. The molecule has 1 unspecified atom stereocenters. The molecule has 0 spiro atoms. The summed E-state index contributed by atoms with van der Waals surface area (Å²) in [4.78, 5) is 15.6. The van der Waals surface area contributed by atoms with Crippen LogP contribution in [0.1, 0.15) is 23.5 Å². The molecule has 24 heavy (non-hydrogen) atoms. The lowest BCUT2D eigenvalue weighted by molar-refractivity contribution is -0.118. The predicted octanol–water partition coefficient (Wildman–Crippen LogP) is 5.06. The molecule has 0 fully saturated rings. The van der Waals surface area contributed by atoms with E-state index in [0.29, 0.717) is 6.42 Å². The molecule has 1 atom stereocenters. The Kier molecular flexibility index (Phi) is 3.81. The molecule has 120 valence electrons. The van der Waals surface area contributed by atoms with E-state index in [0.717, 1.165) is 5.69 Å². The van der Waals surface area contributed by atoms with Crippen molar-refractivity contribution in [3.63, 3.8) is 0 Å². The number of amides is 1. The van der Waals surface area contributed by atoms with E-state index in [9.17, 15) is 4.79 Å². The van der Waals surface area contributed by atoms with E-state index >= 15 is 0 Å². The molecule has 0 aromatic heterocycles. The zero-order valence-corrected chi connectivity index (χ0v) is 14.6. The minimum atomic E-state index is 0.116. The largest absolute Gasteiger partial charge is 0.315 e. The topological polar surface area (TPSA) is 20.3 Å². The summed E-state index contributed by atoms with van der Waals surface area (Å²) in [5, 5.41) is 2.47. The maximum absolute atomic E-state index is 12.5. The SMILES string of the molecule is CSc1ccc(C2CC(=O)N(C)c3ccc4ccccc4c32)cc1. The Balaban J connectivity index is 1.94. The summed E-state index contributed by atoms with van der Waals surface area (Å²) >= 11 is 1.74. The van der Waals surface area contributed by atoms with Crippen molar-refractivity contribution < 1.29 is 4.79 Å². The van der Waals surface area contributed by atoms with Crippen LogP contribution in [0.5, 0.6) is 0 Å². The van der Waals surface area contributed by atoms with Gasteiger partial charge in [-0.2, -0.15) is 0 Å². The molecule has 1 amide bonds. The first-order valence-corrected chi connectivity index (χ1v) is 9.33. The Morgan fingerprint density at radius 1 is 1.00 bits per heavy atom. The molecule has 0 bridgehead atoms. The molecule has 3 aromatic carbocycles. The molecule has 3 aromatic rings. The number of carbonyl (C=O) groups is 1. The number of thioether (sulfide) groups is 1. The normalized spacial score (nSPS) is 17.2. The Morgan fingerprint density at radius 2 is 1.75 bits per heavy atom. The van der Waals surface area contributed by atoms with Gasteiger partial charge in [0.15, 0.2) is 0 Å². The van der Waals surface area contributed by atoms with E-state index in [1.807, 2.05) is 7.05 Å². The standard InChI is InChI=1S/C21H19NOS/c1-22-19-12-9-14-5-3-4-6-17(14)21(19)18(13-20(22)23)15-7-10-16(24-2)11-8-15/h3-12,18H,13H2,1-2H3. The van der Waals surface area contributed by atoms with E-state index in [1.165, 1.54) is 26.8 Å². The van der Waals surface area contributed by atoms with Gasteiger partial charge < -0.3 is 4.90 Å². The third-order valence-electron chi connectivity index (χ3n) is 4.93. The molecule has 3 heteroatoms. The first-order chi connectivity index (χ1) is 11.7. The average molecular weight is 333 g/mol. The van der Waals surface area contributed by atoms with Gasteiger partial charge in [-0.15, -0.1) is 11.8 Å². The third kappa shape index (κ3) is 2.40. The highest BCUT2D eigenvalue weighted by Gasteiger charge is 2.31. The highest BCUT2D eigenvalue weighted by atomic mass is 32.2. The first kappa shape index (κ1) is 15.3. The maximum atomic E-state index is 12.5. The van der Waals surface area contributed by atoms with Crippen LogP contribution in [0.15, 0.2) is 65.6 Å². The van der Waals surface area contributed by atoms with Crippen LogP contribution < -0.4 is 4.90 Å². The molecule has 1 aliphatic rings. The molecule has 0 radical (unpaired) electrons. The van der Waals surface area contributed by atoms with Crippen LogP contribution in [0, 0.1) is 0 Å². The van der Waals surface area contributed by atoms with Crippen LogP contribution in [-0.4, -0.2) is 19.2 Å². The quantitative estimate of drug-likeness (QED) is 0.611. The lowest BCUT2D eigenvalue weighted by Crippen LogP contribution is -2.33. The number of hydrogen-bond donors (Lipinski definition) is 0. The van der Waals surface area contributed by atoms with Crippen molar-refractivity contribution in [3.8, 4) is 0 Å². The number of anilines is 1. The molecule has 0 saturated heterocycles. The van der Waals surface area contributed by atoms with E-state index in [2.05, 4.69) is 66.9 Å². The van der Waals surface area contributed by atoms with Crippen LogP contribution in [0.2, 0.25) is 0 Å². The van der Waals surface area contributed by atoms with Crippen LogP contribution in [0.4, 0.5) is 5.69 Å². The second-order valence-electron chi connectivity index (χ2n) is 6.20. The van der Waals surface area contributed by atoms with Crippen LogP contribution >= 0.6 is 11.8 Å². The third-order valence-corrected chi connectivity index (χ3v) is 5.67. The number of benzene rings is 3. The van der Waals surface area contributed by atoms with Crippen LogP contribution in [0.25, 0.3) is 10.8 Å². The summed E-state index contributed by atoms with van der Waals surface area (Å²) in [5.41, 5.74) is 3.52. The fourth-order valence-electron chi connectivity index (χ4n) is 3.61. The molecular formula is C21H19NOS. The summed E-state index contributed by atoms with van der Waals surface area (Å²) in [6.07, 6.45) is 2.60. The minimum Gasteiger partial charge on any atom is -0.315 e. The molecule has 4 rings (SSSR count). The predicted molar refractivity (Wildman–Crippen MR) is 102 cm³/mol. The lowest BCUT2D eigenvalue weighted by atomic mass is 9.81. The Hall–Kier alpha value is -2.26. The fourth-order valence-corrected chi connectivity index (χ4v) is 4.02. The van der Waals surface area contributed by atoms with E-state index < -0.39 is 0 Å². The van der Waals surface area contributed by atoms with Crippen molar-refractivity contribution in [1.82, 2.24) is 0 Å². The van der Waals surface area contributed by atoms with Gasteiger partial charge in [0.2, 0.25) is 5.91 Å². The molecule has 0 N–H and O–H groups in total. The Morgan fingerprint density at radius 3 is 2.50 bits per heavy atom. The van der Waals surface area contributed by atoms with Gasteiger partial charge in [0.05, 0.1) is 0 Å². The smallest absolute Gasteiger partial charge is 0.227 e. The van der Waals surface area contributed by atoms with Gasteiger partial charge >= 0.3 is 0 Å². The van der Waals surface area contributed by atoms with Gasteiger partial charge in [0.1, 0.15) is 0 Å². The number of rotatable bonds is 2. The van der Waals surface area contributed by atoms with Gasteiger partial charge in [-0.25, -0.2) is 0 Å². The summed E-state index contributed by atoms with van der Waals surface area (Å²) in [6.45, 7) is 0. The summed E-state index contributed by atoms with van der Waals surface area (Å²) in [5.74, 6) is 0.294. The van der Waals surface area contributed by atoms with Crippen LogP contribution in [-0.2, 0) is 4.79 Å². The average Bonchev–Trinajstić information content (AvgIpc) is 2.64. The Bertz CT molecular complexity index is 917. The van der Waals surface area contributed by atoms with E-state index in [4.69, 9.17) is 0 Å². The van der Waals surface area contributed by atoms with Crippen molar-refractivity contribution in [3.05, 3.63) is 71.8 Å². The highest BCUT2D eigenvalue weighted by Crippen LogP contribution is 2.43. The lowest BCUT2D eigenvalue weighted by Gasteiger charge is -2.33. The monoisotopic (exact) mass is 333 g/mol.